The van der Waals surface area contributed by atoms with Gasteiger partial charge in [0.05, 0.1) is 0 Å². The number of nitrogens with one attached hydrogen (secondary N) is 1. The van der Waals surface area contributed by atoms with E-state index < -0.39 is 0 Å². The molecular weight excluding hydrogens is 244 g/mol. The number of piperidine rings is 1. The summed E-state index contributed by atoms with van der Waals surface area (Å²) in [6.07, 6.45) is 12.7. The van der Waals surface area contributed by atoms with Crippen LogP contribution in [0.15, 0.2) is 12.3 Å². The Labute approximate surface area is 126 Å². The quantitative estimate of drug-likeness (QED) is 0.830. The molecule has 2 heteroatoms. The molecule has 1 saturated carbocycles. The molecule has 1 N–H and O–H groups in total. The molecule has 0 radical (unpaired) electrons. The Hall–Kier alpha value is -0.500. The van der Waals surface area contributed by atoms with Crippen molar-refractivity contribution in [2.24, 2.45) is 11.8 Å². The smallest absolute Gasteiger partial charge is 0.0280 e. The lowest BCUT2D eigenvalue weighted by molar-refractivity contribution is 0.0313. The van der Waals surface area contributed by atoms with Crippen LogP contribution in [-0.4, -0.2) is 29.6 Å². The Bertz CT molecular complexity index is 305. The summed E-state index contributed by atoms with van der Waals surface area (Å²) in [7, 11) is 0. The fraction of sp³-hybridized carbons (Fsp3) is 0.889. The molecule has 2 nitrogen and oxygen atoms in total. The number of likely N-dealkylation sites (tertiary alicyclic amines) is 1. The zero-order chi connectivity index (χ0) is 14.6. The van der Waals surface area contributed by atoms with Crippen LogP contribution in [-0.2, 0) is 0 Å². The van der Waals surface area contributed by atoms with E-state index in [4.69, 9.17) is 0 Å². The van der Waals surface area contributed by atoms with Crippen molar-refractivity contribution in [3.63, 3.8) is 0 Å². The van der Waals surface area contributed by atoms with Crippen molar-refractivity contribution in [2.45, 2.75) is 77.8 Å². The van der Waals surface area contributed by atoms with E-state index in [1.807, 2.05) is 0 Å². The Kier molecular flexibility index (Phi) is 5.54. The van der Waals surface area contributed by atoms with Gasteiger partial charge in [-0.3, -0.25) is 4.90 Å². The van der Waals surface area contributed by atoms with Gasteiger partial charge in [-0.2, -0.15) is 0 Å². The molecule has 0 unspecified atom stereocenters. The van der Waals surface area contributed by atoms with Gasteiger partial charge in [-0.1, -0.05) is 26.8 Å². The van der Waals surface area contributed by atoms with Crippen LogP contribution in [0.4, 0.5) is 0 Å². The average molecular weight is 278 g/mol. The van der Waals surface area contributed by atoms with Crippen LogP contribution >= 0.6 is 0 Å². The Morgan fingerprint density at radius 1 is 1.10 bits per heavy atom. The van der Waals surface area contributed by atoms with Gasteiger partial charge in [0.2, 0.25) is 0 Å². The highest BCUT2D eigenvalue weighted by molar-refractivity contribution is 4.94. The summed E-state index contributed by atoms with van der Waals surface area (Å²) < 4.78 is 0. The molecule has 2 aliphatic rings. The Balaban J connectivity index is 1.76. The highest BCUT2D eigenvalue weighted by atomic mass is 15.2. The monoisotopic (exact) mass is 278 g/mol. The van der Waals surface area contributed by atoms with Crippen LogP contribution in [0, 0.1) is 11.8 Å². The van der Waals surface area contributed by atoms with Gasteiger partial charge in [-0.25, -0.2) is 0 Å². The maximum Gasteiger partial charge on any atom is 0.0280 e. The van der Waals surface area contributed by atoms with E-state index in [1.54, 1.807) is 0 Å². The van der Waals surface area contributed by atoms with Crippen LogP contribution in [0.1, 0.15) is 66.2 Å². The van der Waals surface area contributed by atoms with Crippen molar-refractivity contribution in [3.05, 3.63) is 12.3 Å². The topological polar surface area (TPSA) is 15.3 Å². The predicted octanol–water partition coefficient (Wildman–Crippen LogP) is 4.18. The molecule has 0 aromatic heterocycles. The highest BCUT2D eigenvalue weighted by Crippen LogP contribution is 2.37. The lowest BCUT2D eigenvalue weighted by atomic mass is 9.76. The van der Waals surface area contributed by atoms with E-state index >= 15 is 0 Å². The lowest BCUT2D eigenvalue weighted by Crippen LogP contribution is -2.53. The van der Waals surface area contributed by atoms with Gasteiger partial charge < -0.3 is 5.32 Å². The average Bonchev–Trinajstić information content (AvgIpc) is 2.43. The first-order chi connectivity index (χ1) is 9.49. The molecule has 2 rings (SSSR count). The molecule has 0 amide bonds. The largest absolute Gasteiger partial charge is 0.388 e. The van der Waals surface area contributed by atoms with Crippen molar-refractivity contribution >= 4 is 0 Å². The standard InChI is InChI=1S/C18H34N2/c1-15(2)7-12-19-17-8-13-20(14-9-17)18(4)10-5-16(3)6-11-18/h7,12,15-17,19H,5-6,8-11,13-14H2,1-4H3/b12-7-. The molecule has 1 saturated heterocycles. The van der Waals surface area contributed by atoms with Crippen LogP contribution in [0.5, 0.6) is 0 Å². The zero-order valence-corrected chi connectivity index (χ0v) is 14.0. The molecule has 20 heavy (non-hydrogen) atoms. The molecule has 0 atom stereocenters. The number of hydrogen-bond donors (Lipinski definition) is 1. The molecule has 0 spiro atoms. The van der Waals surface area contributed by atoms with Gasteiger partial charge in [0, 0.05) is 24.7 Å². The summed E-state index contributed by atoms with van der Waals surface area (Å²) in [5.41, 5.74) is 0.491. The summed E-state index contributed by atoms with van der Waals surface area (Å²) in [5, 5.41) is 3.59. The van der Waals surface area contributed by atoms with Crippen molar-refractivity contribution in [2.75, 3.05) is 13.1 Å². The summed E-state index contributed by atoms with van der Waals surface area (Å²) in [6.45, 7) is 11.9. The van der Waals surface area contributed by atoms with Crippen LogP contribution in [0.25, 0.3) is 0 Å². The van der Waals surface area contributed by atoms with E-state index in [0.29, 0.717) is 17.5 Å². The minimum absolute atomic E-state index is 0.491. The first-order valence-electron chi connectivity index (χ1n) is 8.67. The number of allylic oxidation sites excluding steroid dienone is 1. The normalized spacial score (nSPS) is 34.0. The Morgan fingerprint density at radius 3 is 2.25 bits per heavy atom. The fourth-order valence-electron chi connectivity index (χ4n) is 3.67. The molecular formula is C18H34N2. The van der Waals surface area contributed by atoms with Crippen molar-refractivity contribution < 1.29 is 0 Å². The number of hydrogen-bond acceptors (Lipinski definition) is 2. The third-order valence-corrected chi connectivity index (χ3v) is 5.42. The van der Waals surface area contributed by atoms with Gasteiger partial charge in [-0.15, -0.1) is 0 Å². The zero-order valence-electron chi connectivity index (χ0n) is 14.0. The second-order valence-corrected chi connectivity index (χ2v) is 7.71. The molecule has 0 aromatic carbocycles. The summed E-state index contributed by atoms with van der Waals surface area (Å²) in [5.74, 6) is 1.59. The van der Waals surface area contributed by atoms with Gasteiger partial charge in [0.1, 0.15) is 0 Å². The van der Waals surface area contributed by atoms with E-state index in [0.717, 1.165) is 5.92 Å². The van der Waals surface area contributed by atoms with Crippen molar-refractivity contribution in [1.82, 2.24) is 10.2 Å². The fourth-order valence-corrected chi connectivity index (χ4v) is 3.67. The predicted molar refractivity (Wildman–Crippen MR) is 87.7 cm³/mol. The first-order valence-corrected chi connectivity index (χ1v) is 8.67. The molecule has 0 aromatic rings. The maximum absolute atomic E-state index is 3.59. The maximum atomic E-state index is 3.59. The second kappa shape index (κ2) is 6.98. The third kappa shape index (κ3) is 4.25. The number of nitrogens with zero attached hydrogens (tertiary/aromatic N) is 1. The van der Waals surface area contributed by atoms with Gasteiger partial charge in [-0.05, 0) is 63.5 Å². The molecule has 116 valence electrons. The van der Waals surface area contributed by atoms with Gasteiger partial charge in [0.25, 0.3) is 0 Å². The molecule has 2 fully saturated rings. The highest BCUT2D eigenvalue weighted by Gasteiger charge is 2.36. The lowest BCUT2D eigenvalue weighted by Gasteiger charge is -2.48. The van der Waals surface area contributed by atoms with E-state index in [9.17, 15) is 0 Å². The second-order valence-electron chi connectivity index (χ2n) is 7.71. The van der Waals surface area contributed by atoms with Crippen LogP contribution < -0.4 is 5.32 Å². The summed E-state index contributed by atoms with van der Waals surface area (Å²) in [4.78, 5) is 2.78. The van der Waals surface area contributed by atoms with Crippen LogP contribution in [0.3, 0.4) is 0 Å². The summed E-state index contributed by atoms with van der Waals surface area (Å²) in [6, 6.07) is 0.687. The third-order valence-electron chi connectivity index (χ3n) is 5.42. The van der Waals surface area contributed by atoms with Gasteiger partial charge >= 0.3 is 0 Å². The minimum atomic E-state index is 0.491. The summed E-state index contributed by atoms with van der Waals surface area (Å²) >= 11 is 0. The van der Waals surface area contributed by atoms with E-state index in [-0.39, 0.29) is 0 Å². The molecule has 1 aliphatic carbocycles. The first kappa shape index (κ1) is 15.9. The van der Waals surface area contributed by atoms with Crippen LogP contribution in [0.2, 0.25) is 0 Å². The van der Waals surface area contributed by atoms with Crippen molar-refractivity contribution in [3.8, 4) is 0 Å². The number of rotatable bonds is 4. The molecule has 1 heterocycles. The van der Waals surface area contributed by atoms with Crippen molar-refractivity contribution in [1.29, 1.82) is 0 Å². The van der Waals surface area contributed by atoms with E-state index in [1.165, 1.54) is 51.6 Å². The molecule has 1 aliphatic heterocycles. The van der Waals surface area contributed by atoms with E-state index in [2.05, 4.69) is 50.2 Å². The Morgan fingerprint density at radius 2 is 1.70 bits per heavy atom. The molecule has 0 bridgehead atoms. The van der Waals surface area contributed by atoms with Gasteiger partial charge in [0.15, 0.2) is 0 Å². The minimum Gasteiger partial charge on any atom is -0.388 e. The SMILES string of the molecule is CC(C)/C=C\NC1CCN(C2(C)CCC(C)CC2)CC1.